The highest BCUT2D eigenvalue weighted by Crippen LogP contribution is 2.35. The number of hydrogen-bond donors (Lipinski definition) is 1. The van der Waals surface area contributed by atoms with Crippen molar-refractivity contribution < 1.29 is 0 Å². The van der Waals surface area contributed by atoms with Crippen molar-refractivity contribution in [2.75, 3.05) is 13.1 Å². The Morgan fingerprint density at radius 3 is 2.94 bits per heavy atom. The van der Waals surface area contributed by atoms with Gasteiger partial charge in [0.15, 0.2) is 4.96 Å². The van der Waals surface area contributed by atoms with Gasteiger partial charge < -0.3 is 5.32 Å². The third-order valence-electron chi connectivity index (χ3n) is 3.86. The monoisotopic (exact) mass is 235 g/mol. The number of nitrogens with one attached hydrogen (secondary N) is 1. The molecule has 0 bridgehead atoms. The first-order chi connectivity index (χ1) is 7.70. The van der Waals surface area contributed by atoms with Crippen molar-refractivity contribution in [1.29, 1.82) is 0 Å². The molecule has 86 valence electrons. The van der Waals surface area contributed by atoms with E-state index in [1.165, 1.54) is 5.69 Å². The summed E-state index contributed by atoms with van der Waals surface area (Å²) in [5, 5.41) is 5.48. The Balaban J connectivity index is 1.86. The second-order valence-electron chi connectivity index (χ2n) is 5.12. The maximum Gasteiger partial charge on any atom is 0.193 e. The van der Waals surface area contributed by atoms with E-state index in [0.717, 1.165) is 24.5 Å². The molecule has 0 aromatic carbocycles. The van der Waals surface area contributed by atoms with Crippen LogP contribution in [0.15, 0.2) is 17.8 Å². The van der Waals surface area contributed by atoms with Crippen LogP contribution in [0, 0.1) is 11.3 Å². The average Bonchev–Trinajstić information content (AvgIpc) is 2.69. The molecule has 0 atom stereocenters. The third-order valence-corrected chi connectivity index (χ3v) is 4.63. The van der Waals surface area contributed by atoms with Crippen molar-refractivity contribution >= 4 is 16.3 Å². The number of rotatable bonds is 3. The van der Waals surface area contributed by atoms with Gasteiger partial charge in [-0.1, -0.05) is 13.8 Å². The Labute approximate surface area is 99.5 Å². The molecule has 0 saturated carbocycles. The van der Waals surface area contributed by atoms with Crippen LogP contribution in [0.5, 0.6) is 0 Å². The van der Waals surface area contributed by atoms with Crippen LogP contribution < -0.4 is 5.32 Å². The fraction of sp³-hybridized carbons (Fsp3) is 0.583. The summed E-state index contributed by atoms with van der Waals surface area (Å²) in [6.45, 7) is 6.91. The fourth-order valence-electron chi connectivity index (χ4n) is 2.41. The summed E-state index contributed by atoms with van der Waals surface area (Å²) in [5.74, 6) is 0.716. The maximum absolute atomic E-state index is 4.68. The van der Waals surface area contributed by atoms with Crippen LogP contribution in [0.25, 0.3) is 4.96 Å². The van der Waals surface area contributed by atoms with Crippen LogP contribution in [0.4, 0.5) is 0 Å². The lowest BCUT2D eigenvalue weighted by atomic mass is 9.69. The summed E-state index contributed by atoms with van der Waals surface area (Å²) in [4.78, 5) is 5.79. The largest absolute Gasteiger partial charge is 0.315 e. The molecule has 1 aliphatic rings. The van der Waals surface area contributed by atoms with Gasteiger partial charge in [0.05, 0.1) is 5.69 Å². The molecule has 1 fully saturated rings. The highest BCUT2D eigenvalue weighted by atomic mass is 32.1. The van der Waals surface area contributed by atoms with E-state index in [1.54, 1.807) is 11.3 Å². The molecule has 1 saturated heterocycles. The summed E-state index contributed by atoms with van der Waals surface area (Å²) in [6.07, 6.45) is 5.36. The van der Waals surface area contributed by atoms with E-state index < -0.39 is 0 Å². The summed E-state index contributed by atoms with van der Waals surface area (Å²) < 4.78 is 2.13. The predicted molar refractivity (Wildman–Crippen MR) is 66.9 cm³/mol. The van der Waals surface area contributed by atoms with Gasteiger partial charge in [-0.25, -0.2) is 4.98 Å². The zero-order valence-electron chi connectivity index (χ0n) is 9.73. The Bertz CT molecular complexity index is 465. The normalized spacial score (nSPS) is 19.2. The second-order valence-corrected chi connectivity index (χ2v) is 6.00. The maximum atomic E-state index is 4.68. The van der Waals surface area contributed by atoms with Crippen LogP contribution in [0.1, 0.15) is 19.5 Å². The van der Waals surface area contributed by atoms with Gasteiger partial charge in [-0.05, 0) is 12.3 Å². The lowest BCUT2D eigenvalue weighted by Gasteiger charge is -2.46. The lowest BCUT2D eigenvalue weighted by molar-refractivity contribution is 0.0983. The Kier molecular flexibility index (Phi) is 2.30. The van der Waals surface area contributed by atoms with E-state index in [4.69, 9.17) is 0 Å². The van der Waals surface area contributed by atoms with Crippen molar-refractivity contribution in [3.8, 4) is 0 Å². The van der Waals surface area contributed by atoms with E-state index in [9.17, 15) is 0 Å². The van der Waals surface area contributed by atoms with E-state index >= 15 is 0 Å². The number of fused-ring (bicyclic) bond motifs is 1. The molecule has 3 heterocycles. The molecule has 2 aromatic heterocycles. The number of aromatic nitrogens is 2. The van der Waals surface area contributed by atoms with Gasteiger partial charge in [0, 0.05) is 36.3 Å². The highest BCUT2D eigenvalue weighted by molar-refractivity contribution is 7.15. The fourth-order valence-corrected chi connectivity index (χ4v) is 3.12. The van der Waals surface area contributed by atoms with E-state index in [0.29, 0.717) is 11.3 Å². The van der Waals surface area contributed by atoms with Crippen molar-refractivity contribution in [1.82, 2.24) is 14.7 Å². The first-order valence-electron chi connectivity index (χ1n) is 5.81. The minimum absolute atomic E-state index is 0.435. The first kappa shape index (κ1) is 10.3. The minimum Gasteiger partial charge on any atom is -0.315 e. The molecule has 0 amide bonds. The summed E-state index contributed by atoms with van der Waals surface area (Å²) in [6, 6.07) is 0. The van der Waals surface area contributed by atoms with Gasteiger partial charge in [-0.15, -0.1) is 11.3 Å². The number of nitrogens with zero attached hydrogens (tertiary/aromatic N) is 2. The first-order valence-corrected chi connectivity index (χ1v) is 6.69. The van der Waals surface area contributed by atoms with Crippen molar-refractivity contribution in [2.24, 2.45) is 11.3 Å². The molecular weight excluding hydrogens is 218 g/mol. The summed E-state index contributed by atoms with van der Waals surface area (Å²) in [5.41, 5.74) is 1.67. The van der Waals surface area contributed by atoms with Gasteiger partial charge in [0.1, 0.15) is 0 Å². The molecule has 0 spiro atoms. The van der Waals surface area contributed by atoms with E-state index in [2.05, 4.69) is 46.3 Å². The van der Waals surface area contributed by atoms with Gasteiger partial charge in [0.2, 0.25) is 0 Å². The Morgan fingerprint density at radius 1 is 1.56 bits per heavy atom. The summed E-state index contributed by atoms with van der Waals surface area (Å²) >= 11 is 1.70. The van der Waals surface area contributed by atoms with Crippen LogP contribution in [-0.2, 0) is 6.42 Å². The molecule has 2 aromatic rings. The standard InChI is InChI=1S/C12H17N3S/c1-9(2)12(7-13-8-12)5-10-6-15-3-4-16-11(15)14-10/h3-4,6,9,13H,5,7-8H2,1-2H3. The van der Waals surface area contributed by atoms with Crippen LogP contribution >= 0.6 is 11.3 Å². The van der Waals surface area contributed by atoms with Crippen molar-refractivity contribution in [3.05, 3.63) is 23.5 Å². The molecular formula is C12H17N3S. The molecule has 1 N–H and O–H groups in total. The predicted octanol–water partition coefficient (Wildman–Crippen LogP) is 2.18. The van der Waals surface area contributed by atoms with Crippen molar-refractivity contribution in [3.63, 3.8) is 0 Å². The van der Waals surface area contributed by atoms with E-state index in [1.807, 2.05) is 0 Å². The Hall–Kier alpha value is -0.870. The zero-order chi connectivity index (χ0) is 11.2. The smallest absolute Gasteiger partial charge is 0.193 e. The molecule has 0 aliphatic carbocycles. The molecule has 3 nitrogen and oxygen atoms in total. The van der Waals surface area contributed by atoms with Gasteiger partial charge >= 0.3 is 0 Å². The average molecular weight is 235 g/mol. The zero-order valence-corrected chi connectivity index (χ0v) is 10.5. The molecule has 0 radical (unpaired) electrons. The van der Waals surface area contributed by atoms with Gasteiger partial charge in [-0.3, -0.25) is 4.40 Å². The van der Waals surface area contributed by atoms with Crippen LogP contribution in [0.2, 0.25) is 0 Å². The second kappa shape index (κ2) is 3.57. The summed E-state index contributed by atoms with van der Waals surface area (Å²) in [7, 11) is 0. The topological polar surface area (TPSA) is 29.3 Å². The number of thiazole rings is 1. The number of imidazole rings is 1. The van der Waals surface area contributed by atoms with E-state index in [-0.39, 0.29) is 0 Å². The quantitative estimate of drug-likeness (QED) is 0.883. The minimum atomic E-state index is 0.435. The highest BCUT2D eigenvalue weighted by Gasteiger charge is 2.40. The molecule has 1 aliphatic heterocycles. The Morgan fingerprint density at radius 2 is 2.38 bits per heavy atom. The number of hydrogen-bond acceptors (Lipinski definition) is 3. The molecule has 0 unspecified atom stereocenters. The molecule has 4 heteroatoms. The third kappa shape index (κ3) is 1.48. The lowest BCUT2D eigenvalue weighted by Crippen LogP contribution is -2.57. The van der Waals surface area contributed by atoms with Crippen LogP contribution in [-0.4, -0.2) is 22.5 Å². The van der Waals surface area contributed by atoms with Gasteiger partial charge in [-0.2, -0.15) is 0 Å². The van der Waals surface area contributed by atoms with Gasteiger partial charge in [0.25, 0.3) is 0 Å². The SMILES string of the molecule is CC(C)C1(Cc2cn3ccsc3n2)CNC1. The van der Waals surface area contributed by atoms with Crippen molar-refractivity contribution in [2.45, 2.75) is 20.3 Å². The molecule has 16 heavy (non-hydrogen) atoms. The van der Waals surface area contributed by atoms with Crippen LogP contribution in [0.3, 0.4) is 0 Å². The molecule has 3 rings (SSSR count).